The molecule has 0 fully saturated rings. The minimum absolute atomic E-state index is 0.0216. The van der Waals surface area contributed by atoms with Crippen molar-refractivity contribution < 1.29 is 13.2 Å². The molecule has 15 heavy (non-hydrogen) atoms. The van der Waals surface area contributed by atoms with Gasteiger partial charge in [0.05, 0.1) is 0 Å². The van der Waals surface area contributed by atoms with Crippen molar-refractivity contribution in [3.63, 3.8) is 0 Å². The van der Waals surface area contributed by atoms with E-state index >= 15 is 0 Å². The summed E-state index contributed by atoms with van der Waals surface area (Å²) in [4.78, 5) is 7.00. The largest absolute Gasteiger partial charge is 0.433 e. The van der Waals surface area contributed by atoms with E-state index in [1.807, 2.05) is 0 Å². The van der Waals surface area contributed by atoms with Crippen LogP contribution in [-0.2, 0) is 6.18 Å². The molecule has 1 heterocycles. The van der Waals surface area contributed by atoms with E-state index in [0.29, 0.717) is 13.0 Å². The summed E-state index contributed by atoms with van der Waals surface area (Å²) in [6, 6.07) is 0.832. The van der Waals surface area contributed by atoms with Gasteiger partial charge in [-0.05, 0) is 12.5 Å². The van der Waals surface area contributed by atoms with Crippen LogP contribution < -0.4 is 5.32 Å². The van der Waals surface area contributed by atoms with Crippen molar-refractivity contribution in [1.29, 1.82) is 0 Å². The van der Waals surface area contributed by atoms with Gasteiger partial charge in [-0.2, -0.15) is 13.2 Å². The molecule has 0 aromatic carbocycles. The Morgan fingerprint density at radius 3 is 2.80 bits per heavy atom. The molecule has 0 amide bonds. The highest BCUT2D eigenvalue weighted by molar-refractivity contribution is 5.25. The Labute approximate surface area is 85.1 Å². The fraction of sp³-hybridized carbons (Fsp3) is 0.333. The molecule has 0 saturated heterocycles. The lowest BCUT2D eigenvalue weighted by Crippen LogP contribution is -2.11. The van der Waals surface area contributed by atoms with Gasteiger partial charge < -0.3 is 5.32 Å². The number of rotatable bonds is 4. The molecule has 0 radical (unpaired) electrons. The first kappa shape index (κ1) is 11.5. The first-order chi connectivity index (χ1) is 7.04. The molecule has 82 valence electrons. The van der Waals surface area contributed by atoms with Crippen LogP contribution in [0.15, 0.2) is 24.9 Å². The Bertz CT molecular complexity index is 336. The molecule has 0 unspecified atom stereocenters. The smallest absolute Gasteiger partial charge is 0.354 e. The Hall–Kier alpha value is -1.59. The molecule has 0 saturated carbocycles. The first-order valence-corrected chi connectivity index (χ1v) is 4.29. The van der Waals surface area contributed by atoms with Crippen LogP contribution in [0.1, 0.15) is 12.1 Å². The van der Waals surface area contributed by atoms with Crippen LogP contribution in [0.4, 0.5) is 19.1 Å². The molecule has 1 N–H and O–H groups in total. The van der Waals surface area contributed by atoms with E-state index in [-0.39, 0.29) is 5.95 Å². The van der Waals surface area contributed by atoms with Gasteiger partial charge in [0.2, 0.25) is 5.95 Å². The van der Waals surface area contributed by atoms with Gasteiger partial charge in [0.1, 0.15) is 5.69 Å². The van der Waals surface area contributed by atoms with E-state index in [1.54, 1.807) is 6.08 Å². The normalized spacial score (nSPS) is 11.1. The van der Waals surface area contributed by atoms with E-state index < -0.39 is 11.9 Å². The van der Waals surface area contributed by atoms with Crippen molar-refractivity contribution in [2.45, 2.75) is 12.6 Å². The predicted molar refractivity (Wildman–Crippen MR) is 50.3 cm³/mol. The molecule has 0 aliphatic heterocycles. The van der Waals surface area contributed by atoms with Gasteiger partial charge in [0, 0.05) is 12.7 Å². The van der Waals surface area contributed by atoms with Crippen molar-refractivity contribution in [2.24, 2.45) is 0 Å². The molecule has 0 spiro atoms. The number of anilines is 1. The molecular formula is C9H10F3N3. The number of nitrogens with zero attached hydrogens (tertiary/aromatic N) is 2. The standard InChI is InChI=1S/C9H10F3N3/c1-2-3-5-13-8-14-6-4-7(15-8)9(10,11)12/h2,4,6H,1,3,5H2,(H,13,14,15). The van der Waals surface area contributed by atoms with Crippen LogP contribution in [0.25, 0.3) is 0 Å². The number of nitrogens with one attached hydrogen (secondary N) is 1. The van der Waals surface area contributed by atoms with Crippen molar-refractivity contribution in [1.82, 2.24) is 9.97 Å². The van der Waals surface area contributed by atoms with Crippen LogP contribution in [0.5, 0.6) is 0 Å². The maximum Gasteiger partial charge on any atom is 0.433 e. The fourth-order valence-electron chi connectivity index (χ4n) is 0.888. The van der Waals surface area contributed by atoms with E-state index in [9.17, 15) is 13.2 Å². The van der Waals surface area contributed by atoms with Gasteiger partial charge in [-0.3, -0.25) is 0 Å². The monoisotopic (exact) mass is 217 g/mol. The highest BCUT2D eigenvalue weighted by Gasteiger charge is 2.32. The quantitative estimate of drug-likeness (QED) is 0.622. The van der Waals surface area contributed by atoms with Crippen molar-refractivity contribution in [2.75, 3.05) is 11.9 Å². The van der Waals surface area contributed by atoms with E-state index in [4.69, 9.17) is 0 Å². The first-order valence-electron chi connectivity index (χ1n) is 4.29. The molecule has 6 heteroatoms. The average Bonchev–Trinajstić information content (AvgIpc) is 2.17. The number of hydrogen-bond acceptors (Lipinski definition) is 3. The second-order valence-corrected chi connectivity index (χ2v) is 2.77. The van der Waals surface area contributed by atoms with Gasteiger partial charge in [0.25, 0.3) is 0 Å². The third-order valence-corrected chi connectivity index (χ3v) is 1.58. The topological polar surface area (TPSA) is 37.8 Å². The maximum absolute atomic E-state index is 12.2. The second-order valence-electron chi connectivity index (χ2n) is 2.77. The van der Waals surface area contributed by atoms with E-state index in [2.05, 4.69) is 21.9 Å². The van der Waals surface area contributed by atoms with Crippen molar-refractivity contribution in [3.05, 3.63) is 30.6 Å². The molecule has 1 aromatic rings. The zero-order valence-corrected chi connectivity index (χ0v) is 7.88. The number of halogens is 3. The third-order valence-electron chi connectivity index (χ3n) is 1.58. The molecule has 3 nitrogen and oxygen atoms in total. The summed E-state index contributed by atoms with van der Waals surface area (Å²) in [5.74, 6) is -0.0216. The van der Waals surface area contributed by atoms with Crippen LogP contribution in [0.2, 0.25) is 0 Å². The summed E-state index contributed by atoms with van der Waals surface area (Å²) in [7, 11) is 0. The molecular weight excluding hydrogens is 207 g/mol. The van der Waals surface area contributed by atoms with Gasteiger partial charge in [-0.25, -0.2) is 9.97 Å². The lowest BCUT2D eigenvalue weighted by atomic mass is 10.4. The fourth-order valence-corrected chi connectivity index (χ4v) is 0.888. The van der Waals surface area contributed by atoms with Gasteiger partial charge in [-0.1, -0.05) is 6.08 Å². The zero-order chi connectivity index (χ0) is 11.3. The molecule has 0 aliphatic carbocycles. The minimum Gasteiger partial charge on any atom is -0.354 e. The average molecular weight is 217 g/mol. The SMILES string of the molecule is C=CCCNc1nccc(C(F)(F)F)n1. The maximum atomic E-state index is 12.2. The summed E-state index contributed by atoms with van der Waals surface area (Å²) in [5.41, 5.74) is -0.946. The summed E-state index contributed by atoms with van der Waals surface area (Å²) < 4.78 is 36.7. The van der Waals surface area contributed by atoms with Crippen LogP contribution in [0.3, 0.4) is 0 Å². The van der Waals surface area contributed by atoms with E-state index in [1.165, 1.54) is 0 Å². The summed E-state index contributed by atoms with van der Waals surface area (Å²) in [6.45, 7) is 3.95. The lowest BCUT2D eigenvalue weighted by molar-refractivity contribution is -0.141. The number of alkyl halides is 3. The second kappa shape index (κ2) is 4.77. The summed E-state index contributed by atoms with van der Waals surface area (Å²) >= 11 is 0. The Morgan fingerprint density at radius 2 is 2.20 bits per heavy atom. The Morgan fingerprint density at radius 1 is 1.47 bits per heavy atom. The predicted octanol–water partition coefficient (Wildman–Crippen LogP) is 2.48. The van der Waals surface area contributed by atoms with Crippen LogP contribution in [-0.4, -0.2) is 16.5 Å². The molecule has 1 aromatic heterocycles. The van der Waals surface area contributed by atoms with Crippen molar-refractivity contribution >= 4 is 5.95 Å². The molecule has 0 aliphatic rings. The number of aromatic nitrogens is 2. The van der Waals surface area contributed by atoms with Gasteiger partial charge in [0.15, 0.2) is 0 Å². The van der Waals surface area contributed by atoms with Gasteiger partial charge >= 0.3 is 6.18 Å². The number of hydrogen-bond donors (Lipinski definition) is 1. The molecule has 1 rings (SSSR count). The van der Waals surface area contributed by atoms with Crippen LogP contribution in [0, 0.1) is 0 Å². The Balaban J connectivity index is 2.70. The van der Waals surface area contributed by atoms with E-state index in [0.717, 1.165) is 12.3 Å². The minimum atomic E-state index is -4.43. The lowest BCUT2D eigenvalue weighted by Gasteiger charge is -2.07. The zero-order valence-electron chi connectivity index (χ0n) is 7.88. The summed E-state index contributed by atoms with van der Waals surface area (Å²) in [6.07, 6.45) is -1.07. The molecule has 0 bridgehead atoms. The van der Waals surface area contributed by atoms with Crippen molar-refractivity contribution in [3.8, 4) is 0 Å². The van der Waals surface area contributed by atoms with Crippen LogP contribution >= 0.6 is 0 Å². The Kier molecular flexibility index (Phi) is 3.65. The van der Waals surface area contributed by atoms with Gasteiger partial charge in [-0.15, -0.1) is 6.58 Å². The molecule has 0 atom stereocenters. The third kappa shape index (κ3) is 3.57. The summed E-state index contributed by atoms with van der Waals surface area (Å²) in [5, 5.41) is 2.66. The highest BCUT2D eigenvalue weighted by Crippen LogP contribution is 2.27. The highest BCUT2D eigenvalue weighted by atomic mass is 19.4.